The number of rotatable bonds is 2. The first-order chi connectivity index (χ1) is 12.2. The van der Waals surface area contributed by atoms with E-state index in [9.17, 15) is 9.59 Å². The normalized spacial score (nSPS) is 19.7. The van der Waals surface area contributed by atoms with Crippen molar-refractivity contribution in [2.45, 2.75) is 18.9 Å². The van der Waals surface area contributed by atoms with Crippen molar-refractivity contribution in [2.75, 3.05) is 25.0 Å². The van der Waals surface area contributed by atoms with E-state index in [1.807, 2.05) is 47.4 Å². The molecule has 6 heteroatoms. The molecule has 25 heavy (non-hydrogen) atoms. The topological polar surface area (TPSA) is 65.5 Å². The van der Waals surface area contributed by atoms with Crippen molar-refractivity contribution in [3.8, 4) is 11.3 Å². The number of nitrogens with zero attached hydrogens (tertiary/aromatic N) is 3. The van der Waals surface area contributed by atoms with Gasteiger partial charge in [-0.2, -0.15) is 0 Å². The van der Waals surface area contributed by atoms with Gasteiger partial charge in [-0.15, -0.1) is 0 Å². The summed E-state index contributed by atoms with van der Waals surface area (Å²) in [5.41, 5.74) is 2.42. The molecule has 2 fully saturated rings. The molecule has 3 heterocycles. The molecule has 0 aliphatic carbocycles. The van der Waals surface area contributed by atoms with Crippen molar-refractivity contribution in [2.24, 2.45) is 0 Å². The number of piperazine rings is 1. The summed E-state index contributed by atoms with van der Waals surface area (Å²) in [6.07, 6.45) is 3.16. The van der Waals surface area contributed by atoms with Crippen LogP contribution in [0.5, 0.6) is 0 Å². The summed E-state index contributed by atoms with van der Waals surface area (Å²) in [5, 5.41) is 2.99. The van der Waals surface area contributed by atoms with Crippen LogP contribution in [0.2, 0.25) is 0 Å². The van der Waals surface area contributed by atoms with Crippen molar-refractivity contribution in [3.63, 3.8) is 0 Å². The highest BCUT2D eigenvalue weighted by Gasteiger charge is 2.36. The number of anilines is 1. The van der Waals surface area contributed by atoms with E-state index in [1.54, 1.807) is 11.1 Å². The van der Waals surface area contributed by atoms with Crippen LogP contribution in [0.15, 0.2) is 48.7 Å². The van der Waals surface area contributed by atoms with Gasteiger partial charge >= 0.3 is 6.03 Å². The number of hydrogen-bond donors (Lipinski definition) is 1. The average Bonchev–Trinajstić information content (AvgIpc) is 3.03. The molecule has 1 aromatic heterocycles. The Bertz CT molecular complexity index is 793. The number of aromatic nitrogens is 1. The largest absolute Gasteiger partial charge is 0.336 e. The lowest BCUT2D eigenvalue weighted by atomic mass is 10.1. The van der Waals surface area contributed by atoms with Gasteiger partial charge in [0.25, 0.3) is 0 Å². The Labute approximate surface area is 146 Å². The predicted octanol–water partition coefficient (Wildman–Crippen LogP) is 2.59. The maximum Gasteiger partial charge on any atom is 0.322 e. The fraction of sp³-hybridized carbons (Fsp3) is 0.316. The second-order valence-corrected chi connectivity index (χ2v) is 6.42. The molecule has 2 aromatic rings. The van der Waals surface area contributed by atoms with Gasteiger partial charge in [-0.1, -0.05) is 30.3 Å². The van der Waals surface area contributed by atoms with Crippen LogP contribution in [0.4, 0.5) is 10.5 Å². The molecule has 2 aliphatic heterocycles. The van der Waals surface area contributed by atoms with Crippen LogP contribution in [0, 0.1) is 0 Å². The smallest absolute Gasteiger partial charge is 0.322 e. The van der Waals surface area contributed by atoms with Gasteiger partial charge in [0, 0.05) is 43.9 Å². The summed E-state index contributed by atoms with van der Waals surface area (Å²) >= 11 is 0. The molecule has 1 atom stereocenters. The molecule has 3 amide bonds. The fourth-order valence-corrected chi connectivity index (χ4v) is 3.58. The molecule has 1 aromatic carbocycles. The Balaban J connectivity index is 1.50. The maximum absolute atomic E-state index is 12.7. The van der Waals surface area contributed by atoms with E-state index in [4.69, 9.17) is 0 Å². The third-order valence-corrected chi connectivity index (χ3v) is 4.88. The minimum atomic E-state index is -0.135. The molecule has 0 radical (unpaired) electrons. The monoisotopic (exact) mass is 336 g/mol. The first-order valence-corrected chi connectivity index (χ1v) is 8.58. The van der Waals surface area contributed by atoms with Gasteiger partial charge in [0.2, 0.25) is 5.91 Å². The van der Waals surface area contributed by atoms with Crippen molar-refractivity contribution in [3.05, 3.63) is 48.7 Å². The standard InChI is InChI=1S/C19H20N4O2/c24-17-9-8-15-13-22(11-12-23(15)17)19(25)21-16-7-4-10-20-18(16)14-5-2-1-3-6-14/h1-7,10,15H,8-9,11-13H2,(H,21,25). The molecular weight excluding hydrogens is 316 g/mol. The first kappa shape index (κ1) is 15.6. The summed E-state index contributed by atoms with van der Waals surface area (Å²) < 4.78 is 0. The molecule has 1 unspecified atom stereocenters. The highest BCUT2D eigenvalue weighted by Crippen LogP contribution is 2.27. The molecule has 6 nitrogen and oxygen atoms in total. The van der Waals surface area contributed by atoms with Gasteiger partial charge in [0.15, 0.2) is 0 Å². The number of nitrogens with one attached hydrogen (secondary N) is 1. The van der Waals surface area contributed by atoms with Crippen molar-refractivity contribution in [1.29, 1.82) is 0 Å². The molecule has 0 spiro atoms. The first-order valence-electron chi connectivity index (χ1n) is 8.58. The maximum atomic E-state index is 12.7. The van der Waals surface area contributed by atoms with Crippen LogP contribution >= 0.6 is 0 Å². The summed E-state index contributed by atoms with van der Waals surface area (Å²) in [4.78, 5) is 32.6. The van der Waals surface area contributed by atoms with Gasteiger partial charge in [0.05, 0.1) is 11.4 Å². The van der Waals surface area contributed by atoms with Crippen LogP contribution in [0.3, 0.4) is 0 Å². The Morgan fingerprint density at radius 1 is 1.12 bits per heavy atom. The lowest BCUT2D eigenvalue weighted by Crippen LogP contribution is -2.54. The van der Waals surface area contributed by atoms with E-state index in [0.29, 0.717) is 31.7 Å². The van der Waals surface area contributed by atoms with Gasteiger partial charge in [-0.25, -0.2) is 4.79 Å². The van der Waals surface area contributed by atoms with E-state index >= 15 is 0 Å². The van der Waals surface area contributed by atoms with Crippen LogP contribution in [-0.2, 0) is 4.79 Å². The summed E-state index contributed by atoms with van der Waals surface area (Å²) in [7, 11) is 0. The second kappa shape index (κ2) is 6.55. The van der Waals surface area contributed by atoms with Crippen LogP contribution < -0.4 is 5.32 Å². The highest BCUT2D eigenvalue weighted by atomic mass is 16.2. The number of urea groups is 1. The van der Waals surface area contributed by atoms with Crippen molar-refractivity contribution >= 4 is 17.6 Å². The van der Waals surface area contributed by atoms with Crippen molar-refractivity contribution in [1.82, 2.24) is 14.8 Å². The van der Waals surface area contributed by atoms with Gasteiger partial charge in [0.1, 0.15) is 0 Å². The zero-order valence-electron chi connectivity index (χ0n) is 13.9. The van der Waals surface area contributed by atoms with Crippen molar-refractivity contribution < 1.29 is 9.59 Å². The molecular formula is C19H20N4O2. The molecule has 4 rings (SSSR count). The zero-order valence-corrected chi connectivity index (χ0v) is 13.9. The average molecular weight is 336 g/mol. The number of pyridine rings is 1. The lowest BCUT2D eigenvalue weighted by molar-refractivity contribution is -0.130. The fourth-order valence-electron chi connectivity index (χ4n) is 3.58. The Hall–Kier alpha value is -2.89. The number of fused-ring (bicyclic) bond motifs is 1. The third kappa shape index (κ3) is 3.07. The summed E-state index contributed by atoms with van der Waals surface area (Å²) in [5.74, 6) is 0.212. The minimum absolute atomic E-state index is 0.135. The predicted molar refractivity (Wildman–Crippen MR) is 95.0 cm³/mol. The summed E-state index contributed by atoms with van der Waals surface area (Å²) in [6.45, 7) is 1.78. The summed E-state index contributed by atoms with van der Waals surface area (Å²) in [6, 6.07) is 13.5. The zero-order chi connectivity index (χ0) is 17.2. The van der Waals surface area contributed by atoms with Crippen LogP contribution in [0.25, 0.3) is 11.3 Å². The quantitative estimate of drug-likeness (QED) is 0.917. The van der Waals surface area contributed by atoms with E-state index in [-0.39, 0.29) is 18.0 Å². The second-order valence-electron chi connectivity index (χ2n) is 6.42. The van der Waals surface area contributed by atoms with Gasteiger partial charge < -0.3 is 15.1 Å². The van der Waals surface area contributed by atoms with E-state index in [1.165, 1.54) is 0 Å². The van der Waals surface area contributed by atoms with E-state index in [2.05, 4.69) is 10.3 Å². The number of carbonyl (C=O) groups is 2. The molecule has 2 aliphatic rings. The number of amides is 3. The lowest BCUT2D eigenvalue weighted by Gasteiger charge is -2.37. The van der Waals surface area contributed by atoms with Gasteiger partial charge in [-0.3, -0.25) is 9.78 Å². The molecule has 2 saturated heterocycles. The number of benzene rings is 1. The number of carbonyl (C=O) groups excluding carboxylic acids is 2. The highest BCUT2D eigenvalue weighted by molar-refractivity contribution is 5.93. The van der Waals surface area contributed by atoms with Crippen LogP contribution in [0.1, 0.15) is 12.8 Å². The molecule has 128 valence electrons. The molecule has 1 N–H and O–H groups in total. The Morgan fingerprint density at radius 2 is 1.96 bits per heavy atom. The minimum Gasteiger partial charge on any atom is -0.336 e. The van der Waals surface area contributed by atoms with Gasteiger partial charge in [-0.05, 0) is 18.6 Å². The molecule has 0 bridgehead atoms. The Kier molecular flexibility index (Phi) is 4.09. The number of hydrogen-bond acceptors (Lipinski definition) is 3. The van der Waals surface area contributed by atoms with Crippen LogP contribution in [-0.4, -0.2) is 52.4 Å². The Morgan fingerprint density at radius 3 is 2.80 bits per heavy atom. The molecule has 0 saturated carbocycles. The SMILES string of the molecule is O=C(Nc1cccnc1-c1ccccc1)N1CCN2C(=O)CCC2C1. The third-order valence-electron chi connectivity index (χ3n) is 4.88. The van der Waals surface area contributed by atoms with E-state index in [0.717, 1.165) is 17.7 Å². The van der Waals surface area contributed by atoms with E-state index < -0.39 is 0 Å².